The number of hydrogen-bond acceptors (Lipinski definition) is 5. The van der Waals surface area contributed by atoms with E-state index in [1.165, 1.54) is 0 Å². The monoisotopic (exact) mass is 252 g/mol. The summed E-state index contributed by atoms with van der Waals surface area (Å²) in [6.45, 7) is 7.62. The van der Waals surface area contributed by atoms with Crippen molar-refractivity contribution in [3.05, 3.63) is 0 Å². The van der Waals surface area contributed by atoms with Crippen molar-refractivity contribution in [2.45, 2.75) is 52.6 Å². The molecule has 0 aromatic carbocycles. The normalized spacial score (nSPS) is 28.1. The molecule has 1 fully saturated rings. The third-order valence-electron chi connectivity index (χ3n) is 3.42. The van der Waals surface area contributed by atoms with Crippen LogP contribution in [0, 0.1) is 11.8 Å². The van der Waals surface area contributed by atoms with Crippen LogP contribution < -0.4 is 0 Å². The Bertz CT molecular complexity index is 410. The smallest absolute Gasteiger partial charge is 0.377 e. The van der Waals surface area contributed by atoms with Crippen LogP contribution >= 0.6 is 0 Å². The molecule has 0 bridgehead atoms. The van der Waals surface area contributed by atoms with E-state index >= 15 is 0 Å². The van der Waals surface area contributed by atoms with Gasteiger partial charge in [0.1, 0.15) is 0 Å². The summed E-state index contributed by atoms with van der Waals surface area (Å²) in [6, 6.07) is 0. The highest BCUT2D eigenvalue weighted by Gasteiger charge is 2.44. The molecular weight excluding hydrogens is 232 g/mol. The Morgan fingerprint density at radius 2 is 2.22 bits per heavy atom. The number of carbonyl (C=O) groups excluding carboxylic acids is 1. The summed E-state index contributed by atoms with van der Waals surface area (Å²) in [6.07, 6.45) is 2.75. The summed E-state index contributed by atoms with van der Waals surface area (Å²) in [5, 5.41) is 7.83. The van der Waals surface area contributed by atoms with Crippen LogP contribution in [0.3, 0.4) is 0 Å². The van der Waals surface area contributed by atoms with Gasteiger partial charge in [-0.3, -0.25) is 0 Å². The molecule has 0 saturated heterocycles. The van der Waals surface area contributed by atoms with E-state index in [9.17, 15) is 4.79 Å². The van der Waals surface area contributed by atoms with Gasteiger partial charge in [-0.15, -0.1) is 0 Å². The fourth-order valence-corrected chi connectivity index (χ4v) is 1.77. The molecule has 1 saturated carbocycles. The van der Waals surface area contributed by atoms with Gasteiger partial charge >= 0.3 is 5.97 Å². The van der Waals surface area contributed by atoms with Gasteiger partial charge in [0.15, 0.2) is 0 Å². The Morgan fingerprint density at radius 1 is 1.56 bits per heavy atom. The van der Waals surface area contributed by atoms with Crippen LogP contribution in [0.15, 0.2) is 10.3 Å². The highest BCUT2D eigenvalue weighted by atomic mass is 16.7. The zero-order valence-corrected chi connectivity index (χ0v) is 11.4. The van der Waals surface area contributed by atoms with Crippen molar-refractivity contribution in [1.29, 1.82) is 0 Å². The lowest BCUT2D eigenvalue weighted by molar-refractivity contribution is -0.167. The molecule has 0 aromatic heterocycles. The summed E-state index contributed by atoms with van der Waals surface area (Å²) < 4.78 is 0. The van der Waals surface area contributed by atoms with Crippen LogP contribution in [0.1, 0.15) is 47.0 Å². The SMILES string of the molecule is C/C(=N\OC(=O)C1(C)CC(C(C)C)=NO1)C1CC1. The fourth-order valence-electron chi connectivity index (χ4n) is 1.77. The van der Waals surface area contributed by atoms with Gasteiger partial charge in [0.2, 0.25) is 5.60 Å². The third-order valence-corrected chi connectivity index (χ3v) is 3.42. The molecule has 1 heterocycles. The predicted molar refractivity (Wildman–Crippen MR) is 68.3 cm³/mol. The quantitative estimate of drug-likeness (QED) is 0.439. The van der Waals surface area contributed by atoms with Crippen LogP contribution in [-0.4, -0.2) is 23.0 Å². The highest BCUT2D eigenvalue weighted by molar-refractivity contribution is 5.94. The first-order valence-corrected chi connectivity index (χ1v) is 6.43. The van der Waals surface area contributed by atoms with E-state index in [4.69, 9.17) is 9.68 Å². The molecule has 1 atom stereocenters. The summed E-state index contributed by atoms with van der Waals surface area (Å²) in [5.41, 5.74) is 0.750. The molecule has 1 unspecified atom stereocenters. The molecule has 0 amide bonds. The minimum absolute atomic E-state index is 0.274. The van der Waals surface area contributed by atoms with Gasteiger partial charge in [0, 0.05) is 12.3 Å². The molecular formula is C13H20N2O3. The van der Waals surface area contributed by atoms with E-state index in [-0.39, 0.29) is 5.92 Å². The van der Waals surface area contributed by atoms with E-state index in [2.05, 4.69) is 10.3 Å². The van der Waals surface area contributed by atoms with Crippen molar-refractivity contribution in [1.82, 2.24) is 0 Å². The molecule has 2 aliphatic rings. The lowest BCUT2D eigenvalue weighted by atomic mass is 9.94. The van der Waals surface area contributed by atoms with Crippen LogP contribution in [-0.2, 0) is 14.5 Å². The standard InChI is InChI=1S/C13H20N2O3/c1-8(2)11-7-13(4,18-15-11)12(16)17-14-9(3)10-5-6-10/h8,10H,5-7H2,1-4H3/b14-9+. The number of carbonyl (C=O) groups is 1. The summed E-state index contributed by atoms with van der Waals surface area (Å²) in [7, 11) is 0. The first-order chi connectivity index (χ1) is 8.42. The first kappa shape index (κ1) is 13.1. The number of hydrogen-bond donors (Lipinski definition) is 0. The average molecular weight is 252 g/mol. The van der Waals surface area contributed by atoms with Crippen molar-refractivity contribution in [3.8, 4) is 0 Å². The molecule has 0 radical (unpaired) electrons. The Morgan fingerprint density at radius 3 is 2.72 bits per heavy atom. The van der Waals surface area contributed by atoms with Crippen molar-refractivity contribution in [3.63, 3.8) is 0 Å². The van der Waals surface area contributed by atoms with Gasteiger partial charge in [0.25, 0.3) is 0 Å². The maximum Gasteiger partial charge on any atom is 0.381 e. The van der Waals surface area contributed by atoms with Gasteiger partial charge in [-0.25, -0.2) is 4.79 Å². The molecule has 18 heavy (non-hydrogen) atoms. The van der Waals surface area contributed by atoms with Crippen molar-refractivity contribution in [2.75, 3.05) is 0 Å². The Kier molecular flexibility index (Phi) is 3.41. The number of nitrogens with zero attached hydrogens (tertiary/aromatic N) is 2. The van der Waals surface area contributed by atoms with E-state index in [0.717, 1.165) is 24.3 Å². The van der Waals surface area contributed by atoms with Gasteiger partial charge in [0.05, 0.1) is 11.4 Å². The Labute approximate surface area is 107 Å². The lowest BCUT2D eigenvalue weighted by Crippen LogP contribution is -2.36. The maximum atomic E-state index is 12.0. The van der Waals surface area contributed by atoms with Crippen LogP contribution in [0.25, 0.3) is 0 Å². The maximum absolute atomic E-state index is 12.0. The Balaban J connectivity index is 1.91. The zero-order chi connectivity index (χ0) is 13.3. The van der Waals surface area contributed by atoms with Gasteiger partial charge in [-0.05, 0) is 32.6 Å². The second kappa shape index (κ2) is 4.71. The minimum atomic E-state index is -1.02. The molecule has 5 nitrogen and oxygen atoms in total. The molecule has 2 rings (SSSR count). The number of oxime groups is 2. The van der Waals surface area contributed by atoms with E-state index in [0.29, 0.717) is 12.3 Å². The average Bonchev–Trinajstić information content (AvgIpc) is 3.09. The second-order valence-corrected chi connectivity index (χ2v) is 5.62. The fraction of sp³-hybridized carbons (Fsp3) is 0.769. The molecule has 0 spiro atoms. The second-order valence-electron chi connectivity index (χ2n) is 5.62. The first-order valence-electron chi connectivity index (χ1n) is 6.43. The van der Waals surface area contributed by atoms with E-state index in [1.54, 1.807) is 6.92 Å². The molecule has 1 aliphatic heterocycles. The van der Waals surface area contributed by atoms with Crippen molar-refractivity contribution in [2.24, 2.45) is 22.1 Å². The molecule has 0 N–H and O–H groups in total. The largest absolute Gasteiger partial charge is 0.381 e. The lowest BCUT2D eigenvalue weighted by Gasteiger charge is -2.17. The topological polar surface area (TPSA) is 60.2 Å². The van der Waals surface area contributed by atoms with E-state index < -0.39 is 11.6 Å². The van der Waals surface area contributed by atoms with Crippen LogP contribution in [0.4, 0.5) is 0 Å². The molecule has 100 valence electrons. The third kappa shape index (κ3) is 2.71. The van der Waals surface area contributed by atoms with Crippen molar-refractivity contribution < 1.29 is 14.5 Å². The minimum Gasteiger partial charge on any atom is -0.377 e. The molecule has 0 aromatic rings. The summed E-state index contributed by atoms with van der Waals surface area (Å²) >= 11 is 0. The summed E-state index contributed by atoms with van der Waals surface area (Å²) in [5.74, 6) is 0.302. The van der Waals surface area contributed by atoms with Gasteiger partial charge < -0.3 is 9.68 Å². The van der Waals surface area contributed by atoms with Gasteiger partial charge in [-0.1, -0.05) is 24.2 Å². The zero-order valence-electron chi connectivity index (χ0n) is 11.4. The number of rotatable bonds is 4. The van der Waals surface area contributed by atoms with Crippen LogP contribution in [0.5, 0.6) is 0 Å². The van der Waals surface area contributed by atoms with E-state index in [1.807, 2.05) is 20.8 Å². The Hall–Kier alpha value is -1.39. The molecule has 5 heteroatoms. The highest BCUT2D eigenvalue weighted by Crippen LogP contribution is 2.31. The summed E-state index contributed by atoms with van der Waals surface area (Å²) in [4.78, 5) is 22.2. The van der Waals surface area contributed by atoms with Crippen LogP contribution in [0.2, 0.25) is 0 Å². The van der Waals surface area contributed by atoms with Gasteiger partial charge in [-0.2, -0.15) is 0 Å². The predicted octanol–water partition coefficient (Wildman–Crippen LogP) is 2.51. The van der Waals surface area contributed by atoms with Crippen molar-refractivity contribution >= 4 is 17.4 Å². The molecule has 1 aliphatic carbocycles.